The van der Waals surface area contributed by atoms with Crippen molar-refractivity contribution in [3.63, 3.8) is 0 Å². The van der Waals surface area contributed by atoms with E-state index in [1.165, 1.54) is 19.3 Å². The Balaban J connectivity index is 1.96. The molecule has 2 nitrogen and oxygen atoms in total. The molecule has 0 bridgehead atoms. The van der Waals surface area contributed by atoms with Gasteiger partial charge in [0.15, 0.2) is 0 Å². The van der Waals surface area contributed by atoms with Gasteiger partial charge in [-0.1, -0.05) is 19.3 Å². The predicted octanol–water partition coefficient (Wildman–Crippen LogP) is 2.81. The van der Waals surface area contributed by atoms with Gasteiger partial charge in [-0.25, -0.2) is 0 Å². The number of rotatable bonds is 3. The van der Waals surface area contributed by atoms with E-state index in [1.54, 1.807) is 12.5 Å². The first kappa shape index (κ1) is 8.82. The fraction of sp³-hybridized carbons (Fsp3) is 0.636. The monoisotopic (exact) mass is 180 g/mol. The average molecular weight is 180 g/mol. The van der Waals surface area contributed by atoms with Crippen LogP contribution in [0.4, 0.5) is 0 Å². The van der Waals surface area contributed by atoms with Gasteiger partial charge in [0.2, 0.25) is 0 Å². The molecule has 2 rings (SSSR count). The van der Waals surface area contributed by atoms with Crippen LogP contribution in [-0.2, 0) is 0 Å². The second kappa shape index (κ2) is 3.54. The summed E-state index contributed by atoms with van der Waals surface area (Å²) in [6.45, 7) is 1.98. The molecule has 1 saturated carbocycles. The smallest absolute Gasteiger partial charge is 0.0963 e. The normalized spacial score (nSPS) is 19.8. The van der Waals surface area contributed by atoms with Crippen LogP contribution in [0.1, 0.15) is 42.9 Å². The molecular weight excluding hydrogens is 164 g/mol. The molecule has 0 aromatic carbocycles. The number of aliphatic hydroxyl groups excluding tert-OH is 1. The Kier molecular flexibility index (Phi) is 2.40. The summed E-state index contributed by atoms with van der Waals surface area (Å²) in [7, 11) is 0. The zero-order chi connectivity index (χ0) is 9.26. The van der Waals surface area contributed by atoms with Crippen LogP contribution < -0.4 is 0 Å². The largest absolute Gasteiger partial charge is 0.472 e. The third kappa shape index (κ3) is 1.78. The number of hydrogen-bond acceptors (Lipinski definition) is 2. The fourth-order valence-corrected chi connectivity index (χ4v) is 1.88. The van der Waals surface area contributed by atoms with Crippen LogP contribution in [0, 0.1) is 12.8 Å². The van der Waals surface area contributed by atoms with E-state index in [2.05, 4.69) is 0 Å². The molecule has 0 radical (unpaired) electrons. The van der Waals surface area contributed by atoms with Crippen molar-refractivity contribution in [1.82, 2.24) is 0 Å². The van der Waals surface area contributed by atoms with Gasteiger partial charge in [0.1, 0.15) is 0 Å². The first-order valence-corrected chi connectivity index (χ1v) is 4.98. The van der Waals surface area contributed by atoms with Crippen molar-refractivity contribution in [2.24, 2.45) is 5.92 Å². The zero-order valence-electron chi connectivity index (χ0n) is 7.99. The summed E-state index contributed by atoms with van der Waals surface area (Å²) in [5, 5.41) is 9.87. The van der Waals surface area contributed by atoms with Crippen molar-refractivity contribution in [3.8, 4) is 0 Å². The molecule has 1 heterocycles. The van der Waals surface area contributed by atoms with E-state index in [0.717, 1.165) is 23.5 Å². The Morgan fingerprint density at radius 3 is 2.77 bits per heavy atom. The van der Waals surface area contributed by atoms with Crippen LogP contribution in [-0.4, -0.2) is 5.11 Å². The molecule has 0 amide bonds. The van der Waals surface area contributed by atoms with Gasteiger partial charge in [-0.2, -0.15) is 0 Å². The second-order valence-corrected chi connectivity index (χ2v) is 4.06. The molecule has 0 aliphatic heterocycles. The molecule has 1 atom stereocenters. The van der Waals surface area contributed by atoms with Crippen molar-refractivity contribution >= 4 is 0 Å². The lowest BCUT2D eigenvalue weighted by atomic mass is 9.80. The van der Waals surface area contributed by atoms with E-state index in [4.69, 9.17) is 4.42 Å². The molecule has 2 heteroatoms. The average Bonchev–Trinajstić information content (AvgIpc) is 2.43. The molecule has 1 aromatic rings. The lowest BCUT2D eigenvalue weighted by Gasteiger charge is -2.27. The first-order chi connectivity index (χ1) is 6.27. The van der Waals surface area contributed by atoms with Gasteiger partial charge in [0.05, 0.1) is 18.6 Å². The van der Waals surface area contributed by atoms with Crippen molar-refractivity contribution in [2.45, 2.75) is 38.7 Å². The molecule has 13 heavy (non-hydrogen) atoms. The van der Waals surface area contributed by atoms with Gasteiger partial charge in [-0.05, 0) is 24.8 Å². The van der Waals surface area contributed by atoms with Gasteiger partial charge >= 0.3 is 0 Å². The van der Waals surface area contributed by atoms with Crippen LogP contribution >= 0.6 is 0 Å². The van der Waals surface area contributed by atoms with Crippen LogP contribution in [0.2, 0.25) is 0 Å². The Morgan fingerprint density at radius 1 is 1.54 bits per heavy atom. The minimum Gasteiger partial charge on any atom is -0.472 e. The number of aliphatic hydroxyl groups is 1. The van der Waals surface area contributed by atoms with Crippen LogP contribution in [0.3, 0.4) is 0 Å². The second-order valence-electron chi connectivity index (χ2n) is 4.06. The van der Waals surface area contributed by atoms with Crippen molar-refractivity contribution in [2.75, 3.05) is 0 Å². The lowest BCUT2D eigenvalue weighted by Crippen LogP contribution is -2.14. The Morgan fingerprint density at radius 2 is 2.31 bits per heavy atom. The fourth-order valence-electron chi connectivity index (χ4n) is 1.88. The molecule has 1 fully saturated rings. The molecule has 1 aliphatic rings. The van der Waals surface area contributed by atoms with E-state index in [1.807, 2.05) is 6.92 Å². The van der Waals surface area contributed by atoms with Crippen molar-refractivity contribution in [1.29, 1.82) is 0 Å². The highest BCUT2D eigenvalue weighted by Gasteiger charge is 2.23. The molecule has 72 valence electrons. The Bertz CT molecular complexity index is 273. The Hall–Kier alpha value is -0.760. The van der Waals surface area contributed by atoms with Gasteiger partial charge in [-0.3, -0.25) is 0 Å². The van der Waals surface area contributed by atoms with E-state index in [-0.39, 0.29) is 6.10 Å². The molecular formula is C11H16O2. The highest BCUT2D eigenvalue weighted by atomic mass is 16.3. The summed E-state index contributed by atoms with van der Waals surface area (Å²) in [4.78, 5) is 0. The SMILES string of the molecule is Cc1cocc1C(O)CC1CCC1. The maximum atomic E-state index is 9.87. The third-order valence-electron chi connectivity index (χ3n) is 3.04. The van der Waals surface area contributed by atoms with Gasteiger partial charge < -0.3 is 9.52 Å². The number of furan rings is 1. The standard InChI is InChI=1S/C11H16O2/c1-8-6-13-7-10(8)11(12)5-9-3-2-4-9/h6-7,9,11-12H,2-5H2,1H3. The third-order valence-corrected chi connectivity index (χ3v) is 3.04. The summed E-state index contributed by atoms with van der Waals surface area (Å²) in [6.07, 6.45) is 7.85. The van der Waals surface area contributed by atoms with E-state index >= 15 is 0 Å². The molecule has 0 spiro atoms. The van der Waals surface area contributed by atoms with Gasteiger partial charge in [0, 0.05) is 5.56 Å². The number of hydrogen-bond donors (Lipinski definition) is 1. The van der Waals surface area contributed by atoms with Crippen molar-refractivity contribution in [3.05, 3.63) is 23.7 Å². The summed E-state index contributed by atoms with van der Waals surface area (Å²) >= 11 is 0. The predicted molar refractivity (Wildman–Crippen MR) is 50.4 cm³/mol. The van der Waals surface area contributed by atoms with E-state index in [0.29, 0.717) is 0 Å². The van der Waals surface area contributed by atoms with E-state index in [9.17, 15) is 5.11 Å². The van der Waals surface area contributed by atoms with Crippen molar-refractivity contribution < 1.29 is 9.52 Å². The maximum absolute atomic E-state index is 9.87. The maximum Gasteiger partial charge on any atom is 0.0963 e. The topological polar surface area (TPSA) is 33.4 Å². The van der Waals surface area contributed by atoms with Crippen LogP contribution in [0.25, 0.3) is 0 Å². The molecule has 0 saturated heterocycles. The Labute approximate surface area is 78.6 Å². The molecule has 1 aromatic heterocycles. The quantitative estimate of drug-likeness (QED) is 0.776. The van der Waals surface area contributed by atoms with Gasteiger partial charge in [0.25, 0.3) is 0 Å². The molecule has 1 N–H and O–H groups in total. The van der Waals surface area contributed by atoms with E-state index < -0.39 is 0 Å². The summed E-state index contributed by atoms with van der Waals surface area (Å²) < 4.78 is 5.04. The first-order valence-electron chi connectivity index (χ1n) is 4.98. The summed E-state index contributed by atoms with van der Waals surface area (Å²) in [5.74, 6) is 0.740. The summed E-state index contributed by atoms with van der Waals surface area (Å²) in [5.41, 5.74) is 2.03. The summed E-state index contributed by atoms with van der Waals surface area (Å²) in [6, 6.07) is 0. The highest BCUT2D eigenvalue weighted by Crippen LogP contribution is 2.35. The number of aryl methyl sites for hydroxylation is 1. The minimum absolute atomic E-state index is 0.316. The van der Waals surface area contributed by atoms with Gasteiger partial charge in [-0.15, -0.1) is 0 Å². The van der Waals surface area contributed by atoms with Crippen LogP contribution in [0.5, 0.6) is 0 Å². The molecule has 1 aliphatic carbocycles. The molecule has 1 unspecified atom stereocenters. The minimum atomic E-state index is -0.316. The zero-order valence-corrected chi connectivity index (χ0v) is 7.99. The highest BCUT2D eigenvalue weighted by molar-refractivity contribution is 5.21. The van der Waals surface area contributed by atoms with Crippen LogP contribution in [0.15, 0.2) is 16.9 Å². The lowest BCUT2D eigenvalue weighted by molar-refractivity contribution is 0.117.